The lowest BCUT2D eigenvalue weighted by Gasteiger charge is -2.25. The molecule has 0 spiro atoms. The molecule has 0 amide bonds. The number of carboxylic acid groups (broad SMARTS) is 1. The van der Waals surface area contributed by atoms with E-state index in [2.05, 4.69) is 4.74 Å². The lowest BCUT2D eigenvalue weighted by molar-refractivity contribution is -0.157. The number of carbonyl (C=O) groups excluding carboxylic acids is 1. The van der Waals surface area contributed by atoms with Crippen molar-refractivity contribution in [2.45, 2.75) is 25.7 Å². The van der Waals surface area contributed by atoms with Crippen LogP contribution in [0, 0.1) is 11.8 Å². The lowest BCUT2D eigenvalue weighted by Crippen LogP contribution is -2.33. The number of carbonyl (C=O) groups is 2. The highest BCUT2D eigenvalue weighted by molar-refractivity contribution is 5.81. The van der Waals surface area contributed by atoms with Crippen LogP contribution in [0.5, 0.6) is 0 Å². The van der Waals surface area contributed by atoms with Crippen LogP contribution in [0.1, 0.15) is 25.7 Å². The molecule has 0 bridgehead atoms. The summed E-state index contributed by atoms with van der Waals surface area (Å²) in [6, 6.07) is 0. The molecule has 0 saturated heterocycles. The summed E-state index contributed by atoms with van der Waals surface area (Å²) in [5, 5.41) is 8.85. The number of rotatable bonds is 2. The van der Waals surface area contributed by atoms with E-state index < -0.39 is 17.8 Å². The lowest BCUT2D eigenvalue weighted by atomic mass is 9.79. The van der Waals surface area contributed by atoms with Crippen LogP contribution < -0.4 is 0 Å². The Kier molecular flexibility index (Phi) is 3.28. The fourth-order valence-corrected chi connectivity index (χ4v) is 1.86. The van der Waals surface area contributed by atoms with Crippen LogP contribution >= 0.6 is 0 Å². The molecule has 4 heteroatoms. The summed E-state index contributed by atoms with van der Waals surface area (Å²) in [5.74, 6) is -2.24. The minimum atomic E-state index is -0.880. The van der Waals surface area contributed by atoms with Crippen molar-refractivity contribution in [1.29, 1.82) is 0 Å². The van der Waals surface area contributed by atoms with Gasteiger partial charge in [0.25, 0.3) is 0 Å². The smallest absolute Gasteiger partial charge is 0.309 e. The van der Waals surface area contributed by atoms with Crippen LogP contribution in [-0.4, -0.2) is 24.2 Å². The average molecular weight is 186 g/mol. The third-order valence-corrected chi connectivity index (χ3v) is 2.59. The highest BCUT2D eigenvalue weighted by Crippen LogP contribution is 2.30. The molecule has 0 heterocycles. The topological polar surface area (TPSA) is 63.6 Å². The number of hydrogen-bond donors (Lipinski definition) is 1. The molecule has 13 heavy (non-hydrogen) atoms. The Balaban J connectivity index is 2.67. The van der Waals surface area contributed by atoms with Gasteiger partial charge in [0.05, 0.1) is 18.9 Å². The SMILES string of the molecule is COC(=O)C1CCCCC1C(=O)O. The van der Waals surface area contributed by atoms with Crippen molar-refractivity contribution in [2.24, 2.45) is 11.8 Å². The van der Waals surface area contributed by atoms with Gasteiger partial charge < -0.3 is 9.84 Å². The fraction of sp³-hybridized carbons (Fsp3) is 0.778. The summed E-state index contributed by atoms with van der Waals surface area (Å²) < 4.78 is 4.57. The molecular formula is C9H14O4. The molecule has 74 valence electrons. The highest BCUT2D eigenvalue weighted by Gasteiger charge is 2.36. The van der Waals surface area contributed by atoms with Crippen molar-refractivity contribution in [3.63, 3.8) is 0 Å². The first-order chi connectivity index (χ1) is 6.16. The predicted octanol–water partition coefficient (Wildman–Crippen LogP) is 1.05. The molecule has 0 radical (unpaired) electrons. The van der Waals surface area contributed by atoms with Gasteiger partial charge in [-0.1, -0.05) is 12.8 Å². The van der Waals surface area contributed by atoms with Gasteiger partial charge in [-0.05, 0) is 12.8 Å². The Labute approximate surface area is 76.9 Å². The quantitative estimate of drug-likeness (QED) is 0.655. The van der Waals surface area contributed by atoms with E-state index >= 15 is 0 Å². The zero-order chi connectivity index (χ0) is 9.84. The second-order valence-electron chi connectivity index (χ2n) is 3.36. The third kappa shape index (κ3) is 2.20. The molecule has 0 aliphatic heterocycles. The maximum atomic E-state index is 11.2. The molecule has 0 aromatic carbocycles. The van der Waals surface area contributed by atoms with Gasteiger partial charge in [0.1, 0.15) is 0 Å². The van der Waals surface area contributed by atoms with Crippen molar-refractivity contribution in [2.75, 3.05) is 7.11 Å². The molecule has 1 aliphatic carbocycles. The van der Waals surface area contributed by atoms with Gasteiger partial charge in [-0.15, -0.1) is 0 Å². The predicted molar refractivity (Wildman–Crippen MR) is 45.1 cm³/mol. The third-order valence-electron chi connectivity index (χ3n) is 2.59. The van der Waals surface area contributed by atoms with E-state index in [0.717, 1.165) is 12.8 Å². The molecule has 1 N–H and O–H groups in total. The Morgan fingerprint density at radius 2 is 1.77 bits per heavy atom. The van der Waals surface area contributed by atoms with Gasteiger partial charge in [0.2, 0.25) is 0 Å². The molecule has 1 fully saturated rings. The minimum Gasteiger partial charge on any atom is -0.481 e. The zero-order valence-electron chi connectivity index (χ0n) is 7.66. The van der Waals surface area contributed by atoms with E-state index in [1.54, 1.807) is 0 Å². The van der Waals surface area contributed by atoms with Crippen molar-refractivity contribution in [3.8, 4) is 0 Å². The Bertz CT molecular complexity index is 212. The first kappa shape index (κ1) is 10.0. The largest absolute Gasteiger partial charge is 0.481 e. The Morgan fingerprint density at radius 1 is 1.23 bits per heavy atom. The number of esters is 1. The zero-order valence-corrected chi connectivity index (χ0v) is 7.66. The van der Waals surface area contributed by atoms with Gasteiger partial charge >= 0.3 is 11.9 Å². The first-order valence-corrected chi connectivity index (χ1v) is 4.47. The van der Waals surface area contributed by atoms with Gasteiger partial charge in [-0.25, -0.2) is 0 Å². The fourth-order valence-electron chi connectivity index (χ4n) is 1.86. The van der Waals surface area contributed by atoms with Crippen molar-refractivity contribution in [3.05, 3.63) is 0 Å². The molecule has 4 nitrogen and oxygen atoms in total. The first-order valence-electron chi connectivity index (χ1n) is 4.47. The van der Waals surface area contributed by atoms with E-state index in [1.807, 2.05) is 0 Å². The van der Waals surface area contributed by atoms with E-state index in [4.69, 9.17) is 5.11 Å². The number of aliphatic carboxylic acids is 1. The number of methoxy groups -OCH3 is 1. The second-order valence-corrected chi connectivity index (χ2v) is 3.36. The molecule has 1 aliphatic rings. The number of carboxylic acids is 1. The van der Waals surface area contributed by atoms with E-state index in [-0.39, 0.29) is 5.97 Å². The van der Waals surface area contributed by atoms with E-state index in [9.17, 15) is 9.59 Å². The maximum absolute atomic E-state index is 11.2. The molecule has 0 aromatic heterocycles. The van der Waals surface area contributed by atoms with Crippen LogP contribution in [0.4, 0.5) is 0 Å². The maximum Gasteiger partial charge on any atom is 0.309 e. The van der Waals surface area contributed by atoms with Crippen LogP contribution in [0.25, 0.3) is 0 Å². The minimum absolute atomic E-state index is 0.382. The summed E-state index contributed by atoms with van der Waals surface area (Å²) in [4.78, 5) is 22.0. The molecule has 1 rings (SSSR count). The van der Waals surface area contributed by atoms with Crippen molar-refractivity contribution in [1.82, 2.24) is 0 Å². The summed E-state index contributed by atoms with van der Waals surface area (Å²) in [7, 11) is 1.30. The standard InChI is InChI=1S/C9H14O4/c1-13-9(12)7-5-3-2-4-6(7)8(10)11/h6-7H,2-5H2,1H3,(H,10,11). The van der Waals surface area contributed by atoms with Crippen molar-refractivity contribution < 1.29 is 19.4 Å². The van der Waals surface area contributed by atoms with Crippen LogP contribution in [0.15, 0.2) is 0 Å². The summed E-state index contributed by atoms with van der Waals surface area (Å²) >= 11 is 0. The van der Waals surface area contributed by atoms with Crippen LogP contribution in [-0.2, 0) is 14.3 Å². The average Bonchev–Trinajstić information content (AvgIpc) is 2.16. The van der Waals surface area contributed by atoms with Gasteiger partial charge in [0.15, 0.2) is 0 Å². The Hall–Kier alpha value is -1.06. The summed E-state index contributed by atoms with van der Waals surface area (Å²) in [6.45, 7) is 0. The second kappa shape index (κ2) is 4.25. The summed E-state index contributed by atoms with van der Waals surface area (Å²) in [5.41, 5.74) is 0. The summed E-state index contributed by atoms with van der Waals surface area (Å²) in [6.07, 6.45) is 3.05. The van der Waals surface area contributed by atoms with Crippen LogP contribution in [0.2, 0.25) is 0 Å². The molecule has 2 atom stereocenters. The highest BCUT2D eigenvalue weighted by atomic mass is 16.5. The molecule has 0 aromatic rings. The van der Waals surface area contributed by atoms with Gasteiger partial charge in [-0.3, -0.25) is 9.59 Å². The molecule has 1 saturated carbocycles. The van der Waals surface area contributed by atoms with Gasteiger partial charge in [0, 0.05) is 0 Å². The normalized spacial score (nSPS) is 28.1. The number of hydrogen-bond acceptors (Lipinski definition) is 3. The van der Waals surface area contributed by atoms with Crippen molar-refractivity contribution >= 4 is 11.9 Å². The number of ether oxygens (including phenoxy) is 1. The van der Waals surface area contributed by atoms with Crippen LogP contribution in [0.3, 0.4) is 0 Å². The molecule has 2 unspecified atom stereocenters. The molecular weight excluding hydrogens is 172 g/mol. The Morgan fingerprint density at radius 3 is 2.23 bits per heavy atom. The monoisotopic (exact) mass is 186 g/mol. The van der Waals surface area contributed by atoms with E-state index in [1.165, 1.54) is 7.11 Å². The van der Waals surface area contributed by atoms with E-state index in [0.29, 0.717) is 12.8 Å². The van der Waals surface area contributed by atoms with Gasteiger partial charge in [-0.2, -0.15) is 0 Å².